The van der Waals surface area contributed by atoms with Crippen molar-refractivity contribution < 1.29 is 9.90 Å². The van der Waals surface area contributed by atoms with E-state index in [1.54, 1.807) is 19.9 Å². The summed E-state index contributed by atoms with van der Waals surface area (Å²) in [6.07, 6.45) is 0. The van der Waals surface area contributed by atoms with Gasteiger partial charge in [-0.15, -0.1) is 0 Å². The molecule has 0 aliphatic heterocycles. The van der Waals surface area contributed by atoms with Crippen molar-refractivity contribution in [3.63, 3.8) is 0 Å². The van der Waals surface area contributed by atoms with Crippen molar-refractivity contribution in [3.05, 3.63) is 57.4 Å². The predicted molar refractivity (Wildman–Crippen MR) is 91.8 cm³/mol. The lowest BCUT2D eigenvalue weighted by atomic mass is 9.99. The zero-order valence-corrected chi connectivity index (χ0v) is 14.2. The van der Waals surface area contributed by atoms with Crippen molar-refractivity contribution in [1.82, 2.24) is 4.57 Å². The normalized spacial score (nSPS) is 12.0. The maximum absolute atomic E-state index is 12.7. The Labute approximate surface area is 140 Å². The molecule has 0 fully saturated rings. The Morgan fingerprint density at radius 1 is 1.17 bits per heavy atom. The maximum Gasteiger partial charge on any atom is 0.327 e. The summed E-state index contributed by atoms with van der Waals surface area (Å²) in [7, 11) is 0. The van der Waals surface area contributed by atoms with E-state index in [0.29, 0.717) is 5.69 Å². The van der Waals surface area contributed by atoms with Crippen LogP contribution >= 0.6 is 0 Å². The van der Waals surface area contributed by atoms with Crippen LogP contribution in [0.1, 0.15) is 36.6 Å². The highest BCUT2D eigenvalue weighted by atomic mass is 16.4. The van der Waals surface area contributed by atoms with E-state index in [4.69, 9.17) is 5.26 Å². The molecular weight excluding hydrogens is 304 g/mol. The largest absolute Gasteiger partial charge is 0.480 e. The summed E-state index contributed by atoms with van der Waals surface area (Å²) in [4.78, 5) is 24.4. The van der Waals surface area contributed by atoms with Gasteiger partial charge in [-0.3, -0.25) is 9.36 Å². The van der Waals surface area contributed by atoms with Crippen molar-refractivity contribution in [1.29, 1.82) is 5.26 Å². The molecular formula is C19H20N2O3. The fraction of sp³-hybridized carbons (Fsp3) is 0.316. The molecule has 5 nitrogen and oxygen atoms in total. The minimum atomic E-state index is -1.09. The number of aliphatic carboxylic acids is 1. The van der Waals surface area contributed by atoms with E-state index < -0.39 is 17.6 Å². The molecule has 1 N–H and O–H groups in total. The molecule has 1 aromatic heterocycles. The van der Waals surface area contributed by atoms with Crippen LogP contribution in [0.5, 0.6) is 0 Å². The summed E-state index contributed by atoms with van der Waals surface area (Å²) >= 11 is 0. The quantitative estimate of drug-likeness (QED) is 0.935. The Hall–Kier alpha value is -2.87. The van der Waals surface area contributed by atoms with E-state index in [2.05, 4.69) is 0 Å². The van der Waals surface area contributed by atoms with Gasteiger partial charge in [0.05, 0.1) is 5.69 Å². The Morgan fingerprint density at radius 3 is 2.33 bits per heavy atom. The number of nitrogens with zero attached hydrogens (tertiary/aromatic N) is 2. The van der Waals surface area contributed by atoms with E-state index in [1.807, 2.05) is 38.1 Å². The van der Waals surface area contributed by atoms with Crippen LogP contribution in [0, 0.1) is 31.1 Å². The van der Waals surface area contributed by atoms with E-state index >= 15 is 0 Å². The third kappa shape index (κ3) is 3.09. The number of nitriles is 1. The number of hydrogen-bond acceptors (Lipinski definition) is 3. The molecule has 1 heterocycles. The average Bonchev–Trinajstić information content (AvgIpc) is 2.51. The van der Waals surface area contributed by atoms with Gasteiger partial charge in [0, 0.05) is 0 Å². The highest BCUT2D eigenvalue weighted by Crippen LogP contribution is 2.27. The van der Waals surface area contributed by atoms with Crippen LogP contribution in [0.15, 0.2) is 35.1 Å². The average molecular weight is 324 g/mol. The van der Waals surface area contributed by atoms with Gasteiger partial charge in [0.15, 0.2) is 0 Å². The van der Waals surface area contributed by atoms with Crippen molar-refractivity contribution >= 4 is 5.97 Å². The first-order valence-electron chi connectivity index (χ1n) is 7.74. The lowest BCUT2D eigenvalue weighted by Crippen LogP contribution is -2.35. The molecule has 0 aliphatic carbocycles. The highest BCUT2D eigenvalue weighted by molar-refractivity contribution is 5.74. The van der Waals surface area contributed by atoms with Crippen LogP contribution in [0.3, 0.4) is 0 Å². The second-order valence-corrected chi connectivity index (χ2v) is 6.25. The molecule has 0 bridgehead atoms. The lowest BCUT2D eigenvalue weighted by molar-refractivity contribution is -0.142. The number of pyridine rings is 1. The van der Waals surface area contributed by atoms with Gasteiger partial charge in [0.1, 0.15) is 17.7 Å². The highest BCUT2D eigenvalue weighted by Gasteiger charge is 2.28. The van der Waals surface area contributed by atoms with Gasteiger partial charge < -0.3 is 5.11 Å². The second-order valence-electron chi connectivity index (χ2n) is 6.25. The zero-order valence-electron chi connectivity index (χ0n) is 14.2. The van der Waals surface area contributed by atoms with Gasteiger partial charge in [0.2, 0.25) is 0 Å². The smallest absolute Gasteiger partial charge is 0.327 e. The minimum Gasteiger partial charge on any atom is -0.480 e. The fourth-order valence-corrected chi connectivity index (χ4v) is 2.74. The fourth-order valence-electron chi connectivity index (χ4n) is 2.74. The van der Waals surface area contributed by atoms with E-state index in [-0.39, 0.29) is 11.5 Å². The number of carboxylic acids is 1. The van der Waals surface area contributed by atoms with E-state index in [9.17, 15) is 14.7 Å². The monoisotopic (exact) mass is 324 g/mol. The number of carbonyl (C=O) groups is 1. The number of carboxylic acid groups (broad SMARTS) is 1. The molecule has 0 spiro atoms. The molecule has 2 rings (SSSR count). The molecule has 24 heavy (non-hydrogen) atoms. The molecule has 0 aliphatic rings. The van der Waals surface area contributed by atoms with E-state index in [0.717, 1.165) is 16.7 Å². The molecule has 5 heteroatoms. The van der Waals surface area contributed by atoms with Crippen LogP contribution in [0.2, 0.25) is 0 Å². The number of aromatic nitrogens is 1. The van der Waals surface area contributed by atoms with Gasteiger partial charge in [-0.2, -0.15) is 5.26 Å². The van der Waals surface area contributed by atoms with Crippen LogP contribution < -0.4 is 5.56 Å². The maximum atomic E-state index is 12.7. The standard InChI is InChI=1S/C19H20N2O3/c1-11(2)17(19(23)24)21-16(8-7-15(10-20)18(21)22)14-6-5-12(3)13(4)9-14/h5-9,11,17H,1-4H3,(H,23,24). The second kappa shape index (κ2) is 6.71. The van der Waals surface area contributed by atoms with E-state index in [1.165, 1.54) is 10.6 Å². The zero-order chi connectivity index (χ0) is 18.0. The van der Waals surface area contributed by atoms with Crippen LogP contribution in [0.4, 0.5) is 0 Å². The summed E-state index contributed by atoms with van der Waals surface area (Å²) in [5.41, 5.74) is 2.78. The Balaban J connectivity index is 2.84. The molecule has 0 saturated carbocycles. The first kappa shape index (κ1) is 17.5. The first-order chi connectivity index (χ1) is 11.3. The summed E-state index contributed by atoms with van der Waals surface area (Å²) in [5.74, 6) is -1.40. The van der Waals surface area contributed by atoms with Crippen molar-refractivity contribution in [3.8, 4) is 17.3 Å². The molecule has 1 unspecified atom stereocenters. The van der Waals surface area contributed by atoms with Crippen molar-refractivity contribution in [2.45, 2.75) is 33.7 Å². The van der Waals surface area contributed by atoms with Crippen molar-refractivity contribution in [2.75, 3.05) is 0 Å². The van der Waals surface area contributed by atoms with Crippen LogP contribution in [0.25, 0.3) is 11.3 Å². The Kier molecular flexibility index (Phi) is 4.89. The summed E-state index contributed by atoms with van der Waals surface area (Å²) in [6.45, 7) is 7.43. The van der Waals surface area contributed by atoms with Crippen molar-refractivity contribution in [2.24, 2.45) is 5.92 Å². The summed E-state index contributed by atoms with van der Waals surface area (Å²) in [5, 5.41) is 18.7. The molecule has 0 amide bonds. The number of hydrogen-bond donors (Lipinski definition) is 1. The lowest BCUT2D eigenvalue weighted by Gasteiger charge is -2.23. The Morgan fingerprint density at radius 2 is 1.83 bits per heavy atom. The first-order valence-corrected chi connectivity index (χ1v) is 7.74. The van der Waals surface area contributed by atoms with Crippen LogP contribution in [-0.4, -0.2) is 15.6 Å². The molecule has 0 saturated heterocycles. The number of aryl methyl sites for hydroxylation is 2. The number of benzene rings is 1. The number of rotatable bonds is 4. The van der Waals surface area contributed by atoms with Gasteiger partial charge in [0.25, 0.3) is 5.56 Å². The minimum absolute atomic E-state index is 0.0607. The SMILES string of the molecule is Cc1ccc(-c2ccc(C#N)c(=O)n2C(C(=O)O)C(C)C)cc1C. The van der Waals surface area contributed by atoms with Crippen LogP contribution in [-0.2, 0) is 4.79 Å². The molecule has 1 aromatic carbocycles. The van der Waals surface area contributed by atoms with Gasteiger partial charge in [-0.1, -0.05) is 26.0 Å². The van der Waals surface area contributed by atoms with Gasteiger partial charge in [-0.25, -0.2) is 4.79 Å². The molecule has 1 atom stereocenters. The topological polar surface area (TPSA) is 83.1 Å². The third-order valence-electron chi connectivity index (χ3n) is 4.20. The molecule has 124 valence electrons. The molecule has 2 aromatic rings. The van der Waals surface area contributed by atoms with Gasteiger partial charge in [-0.05, 0) is 54.7 Å². The summed E-state index contributed by atoms with van der Waals surface area (Å²) < 4.78 is 1.23. The Bertz CT molecular complexity index is 888. The third-order valence-corrected chi connectivity index (χ3v) is 4.20. The predicted octanol–water partition coefficient (Wildman–Crippen LogP) is 3.29. The molecule has 0 radical (unpaired) electrons. The van der Waals surface area contributed by atoms with Gasteiger partial charge >= 0.3 is 5.97 Å². The summed E-state index contributed by atoms with van der Waals surface area (Å²) in [6, 6.07) is 9.61.